The molecular weight excluding hydrogens is 276 g/mol. The number of esters is 1. The van der Waals surface area contributed by atoms with Gasteiger partial charge in [0.15, 0.2) is 0 Å². The van der Waals surface area contributed by atoms with Gasteiger partial charge >= 0.3 is 5.97 Å². The number of aliphatic hydroxyl groups excluding tert-OH is 2. The Morgan fingerprint density at radius 2 is 1.60 bits per heavy atom. The van der Waals surface area contributed by atoms with E-state index in [9.17, 15) is 15.0 Å². The van der Waals surface area contributed by atoms with Crippen molar-refractivity contribution in [1.29, 1.82) is 0 Å². The van der Waals surface area contributed by atoms with Gasteiger partial charge < -0.3 is 19.4 Å². The van der Waals surface area contributed by atoms with Crippen molar-refractivity contribution in [3.8, 4) is 0 Å². The SMILES string of the molecule is CO[Si](CO)(CO)CCCOC(=O)C(C)(C)C(C)(C)C. The van der Waals surface area contributed by atoms with Crippen molar-refractivity contribution in [3.63, 3.8) is 0 Å². The van der Waals surface area contributed by atoms with Crippen LogP contribution in [0.2, 0.25) is 6.04 Å². The maximum atomic E-state index is 12.1. The van der Waals surface area contributed by atoms with Crippen LogP contribution in [0.15, 0.2) is 0 Å². The molecule has 0 aliphatic heterocycles. The standard InChI is InChI=1S/C14H30O5Si/c1-13(2,3)14(4,5)12(17)19-8-7-9-20(10-15,11-16)18-6/h15-16H,7-11H2,1-6H3. The van der Waals surface area contributed by atoms with E-state index in [1.54, 1.807) is 0 Å². The lowest BCUT2D eigenvalue weighted by atomic mass is 9.69. The number of aliphatic hydroxyl groups is 2. The molecule has 0 aliphatic carbocycles. The van der Waals surface area contributed by atoms with Gasteiger partial charge in [0.1, 0.15) is 0 Å². The summed E-state index contributed by atoms with van der Waals surface area (Å²) in [6, 6.07) is 0.569. The second-order valence-electron chi connectivity index (χ2n) is 6.82. The molecule has 0 aromatic rings. The molecule has 120 valence electrons. The Balaban J connectivity index is 4.30. The molecule has 0 unspecified atom stereocenters. The molecule has 6 heteroatoms. The summed E-state index contributed by atoms with van der Waals surface area (Å²) in [5.74, 6) is -0.220. The average molecular weight is 306 g/mol. The van der Waals surface area contributed by atoms with Crippen molar-refractivity contribution >= 4 is 14.3 Å². The maximum Gasteiger partial charge on any atom is 0.312 e. The minimum Gasteiger partial charge on any atom is -0.465 e. The van der Waals surface area contributed by atoms with Crippen LogP contribution < -0.4 is 0 Å². The molecule has 0 amide bonds. The Morgan fingerprint density at radius 1 is 1.10 bits per heavy atom. The van der Waals surface area contributed by atoms with Gasteiger partial charge in [-0.25, -0.2) is 0 Å². The third kappa shape index (κ3) is 4.84. The minimum atomic E-state index is -2.45. The number of hydrogen-bond donors (Lipinski definition) is 2. The molecule has 0 bridgehead atoms. The summed E-state index contributed by atoms with van der Waals surface area (Å²) in [5.41, 5.74) is -0.734. The predicted molar refractivity (Wildman–Crippen MR) is 80.6 cm³/mol. The summed E-state index contributed by atoms with van der Waals surface area (Å²) in [5, 5.41) is 18.6. The van der Waals surface area contributed by atoms with Crippen molar-refractivity contribution in [3.05, 3.63) is 0 Å². The first-order valence-electron chi connectivity index (χ1n) is 7.00. The third-order valence-corrected chi connectivity index (χ3v) is 7.69. The van der Waals surface area contributed by atoms with Crippen LogP contribution in [0.3, 0.4) is 0 Å². The van der Waals surface area contributed by atoms with Gasteiger partial charge in [-0.2, -0.15) is 0 Å². The molecule has 0 atom stereocenters. The normalized spacial score (nSPS) is 13.4. The highest BCUT2D eigenvalue weighted by molar-refractivity contribution is 6.73. The molecular formula is C14H30O5Si. The van der Waals surface area contributed by atoms with Gasteiger partial charge in [0.2, 0.25) is 8.32 Å². The highest BCUT2D eigenvalue weighted by Crippen LogP contribution is 2.38. The van der Waals surface area contributed by atoms with Crippen LogP contribution in [0, 0.1) is 10.8 Å². The smallest absolute Gasteiger partial charge is 0.312 e. The molecule has 0 radical (unpaired) electrons. The Bertz CT molecular complexity index is 297. The second-order valence-corrected chi connectivity index (χ2v) is 10.7. The van der Waals surface area contributed by atoms with E-state index in [0.29, 0.717) is 12.5 Å². The quantitative estimate of drug-likeness (QED) is 0.405. The zero-order valence-electron chi connectivity index (χ0n) is 13.7. The van der Waals surface area contributed by atoms with Gasteiger partial charge in [-0.3, -0.25) is 4.79 Å². The summed E-state index contributed by atoms with van der Waals surface area (Å²) in [7, 11) is -0.945. The van der Waals surface area contributed by atoms with Crippen molar-refractivity contribution in [2.24, 2.45) is 10.8 Å². The largest absolute Gasteiger partial charge is 0.465 e. The summed E-state index contributed by atoms with van der Waals surface area (Å²) in [6.45, 7) is 10.1. The predicted octanol–water partition coefficient (Wildman–Crippen LogP) is 1.65. The fourth-order valence-corrected chi connectivity index (χ4v) is 3.15. The first kappa shape index (κ1) is 19.6. The van der Waals surface area contributed by atoms with Gasteiger partial charge in [0.05, 0.1) is 24.5 Å². The number of carbonyl (C=O) groups excluding carboxylic acids is 1. The molecule has 0 saturated heterocycles. The van der Waals surface area contributed by atoms with Crippen LogP contribution >= 0.6 is 0 Å². The zero-order chi connectivity index (χ0) is 16.0. The van der Waals surface area contributed by atoms with Crippen LogP contribution in [-0.4, -0.2) is 50.7 Å². The number of ether oxygens (including phenoxy) is 1. The van der Waals surface area contributed by atoms with Gasteiger partial charge in [-0.15, -0.1) is 0 Å². The van der Waals surface area contributed by atoms with Crippen molar-refractivity contribution in [2.75, 3.05) is 26.2 Å². The highest BCUT2D eigenvalue weighted by atomic mass is 28.4. The second kappa shape index (κ2) is 7.54. The van der Waals surface area contributed by atoms with Crippen molar-refractivity contribution in [2.45, 2.75) is 47.1 Å². The Morgan fingerprint density at radius 3 is 1.95 bits per heavy atom. The van der Waals surface area contributed by atoms with Crippen molar-refractivity contribution < 1.29 is 24.2 Å². The molecule has 2 N–H and O–H groups in total. The van der Waals surface area contributed by atoms with Crippen LogP contribution in [0.4, 0.5) is 0 Å². The molecule has 0 aromatic heterocycles. The minimum absolute atomic E-state index is 0.124. The lowest BCUT2D eigenvalue weighted by molar-refractivity contribution is -0.160. The molecule has 0 spiro atoms. The first-order valence-corrected chi connectivity index (χ1v) is 9.53. The summed E-state index contributed by atoms with van der Waals surface area (Å²) >= 11 is 0. The van der Waals surface area contributed by atoms with Crippen LogP contribution in [0.5, 0.6) is 0 Å². The topological polar surface area (TPSA) is 76.0 Å². The number of hydrogen-bond acceptors (Lipinski definition) is 5. The third-order valence-electron chi connectivity index (χ3n) is 4.40. The van der Waals surface area contributed by atoms with E-state index in [1.165, 1.54) is 7.11 Å². The van der Waals surface area contributed by atoms with E-state index in [0.717, 1.165) is 0 Å². The van der Waals surface area contributed by atoms with E-state index >= 15 is 0 Å². The van der Waals surface area contributed by atoms with E-state index in [2.05, 4.69) is 0 Å². The van der Waals surface area contributed by atoms with Crippen LogP contribution in [-0.2, 0) is 14.0 Å². The number of carbonyl (C=O) groups is 1. The van der Waals surface area contributed by atoms with Crippen molar-refractivity contribution in [1.82, 2.24) is 0 Å². The van der Waals surface area contributed by atoms with Crippen LogP contribution in [0.25, 0.3) is 0 Å². The lowest BCUT2D eigenvalue weighted by Gasteiger charge is -2.36. The Kier molecular flexibility index (Phi) is 7.38. The molecule has 0 fully saturated rings. The molecule has 20 heavy (non-hydrogen) atoms. The van der Waals surface area contributed by atoms with Gasteiger partial charge in [0.25, 0.3) is 0 Å². The fourth-order valence-electron chi connectivity index (χ4n) is 1.49. The van der Waals surface area contributed by atoms with E-state index in [1.807, 2.05) is 34.6 Å². The van der Waals surface area contributed by atoms with Gasteiger partial charge in [-0.1, -0.05) is 20.8 Å². The average Bonchev–Trinajstić information content (AvgIpc) is 2.38. The Hall–Kier alpha value is -0.433. The summed E-state index contributed by atoms with van der Waals surface area (Å²) in [4.78, 5) is 12.1. The summed E-state index contributed by atoms with van der Waals surface area (Å²) < 4.78 is 10.6. The molecule has 0 rings (SSSR count). The fraction of sp³-hybridized carbons (Fsp3) is 0.929. The number of rotatable bonds is 8. The molecule has 0 heterocycles. The highest BCUT2D eigenvalue weighted by Gasteiger charge is 2.41. The molecule has 0 aromatic carbocycles. The maximum absolute atomic E-state index is 12.1. The van der Waals surface area contributed by atoms with E-state index in [-0.39, 0.29) is 30.5 Å². The first-order chi connectivity index (χ1) is 9.06. The van der Waals surface area contributed by atoms with E-state index < -0.39 is 13.7 Å². The zero-order valence-corrected chi connectivity index (χ0v) is 14.7. The Labute approximate surface area is 123 Å². The lowest BCUT2D eigenvalue weighted by Crippen LogP contribution is -2.46. The monoisotopic (exact) mass is 306 g/mol. The molecule has 5 nitrogen and oxygen atoms in total. The van der Waals surface area contributed by atoms with Gasteiger partial charge in [-0.05, 0) is 31.7 Å². The van der Waals surface area contributed by atoms with Gasteiger partial charge in [0, 0.05) is 7.11 Å². The summed E-state index contributed by atoms with van der Waals surface area (Å²) in [6.07, 6.45) is 0.343. The van der Waals surface area contributed by atoms with Crippen LogP contribution in [0.1, 0.15) is 41.0 Å². The molecule has 0 saturated carbocycles. The molecule has 0 aliphatic rings. The van der Waals surface area contributed by atoms with E-state index in [4.69, 9.17) is 9.16 Å².